The molecule has 0 aliphatic heterocycles. The van der Waals surface area contributed by atoms with Gasteiger partial charge in [-0.15, -0.1) is 0 Å². The van der Waals surface area contributed by atoms with E-state index >= 15 is 0 Å². The van der Waals surface area contributed by atoms with Crippen LogP contribution in [0, 0.1) is 17.8 Å². The molecule has 0 aromatic carbocycles. The summed E-state index contributed by atoms with van der Waals surface area (Å²) in [6, 6.07) is 0.331. The highest BCUT2D eigenvalue weighted by Crippen LogP contribution is 2.40. The van der Waals surface area contributed by atoms with Crippen LogP contribution in [0.5, 0.6) is 0 Å². The Labute approximate surface area is 126 Å². The van der Waals surface area contributed by atoms with E-state index in [1.807, 2.05) is 0 Å². The van der Waals surface area contributed by atoms with E-state index in [4.69, 9.17) is 0 Å². The summed E-state index contributed by atoms with van der Waals surface area (Å²) >= 11 is 0. The molecule has 0 aromatic rings. The van der Waals surface area contributed by atoms with Crippen molar-refractivity contribution < 1.29 is 6.22 Å². The Morgan fingerprint density at radius 2 is 1.45 bits per heavy atom. The molecule has 0 saturated heterocycles. The molecule has 1 N–H and O–H groups in total. The maximum atomic E-state index is 12.8. The fourth-order valence-corrected chi connectivity index (χ4v) is 4.24. The van der Waals surface area contributed by atoms with Crippen molar-refractivity contribution in [2.24, 2.45) is 17.8 Å². The third kappa shape index (κ3) is 4.23. The van der Waals surface area contributed by atoms with Crippen molar-refractivity contribution in [2.45, 2.75) is 90.5 Å². The number of hydrogen-bond donors (Lipinski definition) is 1. The van der Waals surface area contributed by atoms with Gasteiger partial charge in [0.2, 0.25) is 5.91 Å². The summed E-state index contributed by atoms with van der Waals surface area (Å²) in [6.07, 6.45) is 14.3. The summed E-state index contributed by atoms with van der Waals surface area (Å²) < 4.78 is 0. The van der Waals surface area contributed by atoms with E-state index in [0.29, 0.717) is 29.7 Å². The van der Waals surface area contributed by atoms with Gasteiger partial charge in [0, 0.05) is 13.4 Å². The Morgan fingerprint density at radius 3 is 1.85 bits per heavy atom. The van der Waals surface area contributed by atoms with Gasteiger partial charge >= 0.3 is 0 Å². The Hall–Kier alpha value is -0.530. The van der Waals surface area contributed by atoms with Crippen molar-refractivity contribution in [1.29, 1.82) is 0 Å². The Balaban J connectivity index is 0.00000220. The lowest BCUT2D eigenvalue weighted by molar-refractivity contribution is -0.130. The first-order valence-electron chi connectivity index (χ1n) is 9.02. The summed E-state index contributed by atoms with van der Waals surface area (Å²) in [5.74, 6) is 2.01. The summed E-state index contributed by atoms with van der Waals surface area (Å²) in [5.41, 5.74) is 0. The van der Waals surface area contributed by atoms with Crippen molar-refractivity contribution >= 4 is 5.91 Å². The van der Waals surface area contributed by atoms with Crippen LogP contribution < -0.4 is 5.32 Å². The van der Waals surface area contributed by atoms with Crippen LogP contribution in [0.25, 0.3) is 0 Å². The average molecular weight is 281 g/mol. The molecule has 1 unspecified atom stereocenters. The lowest BCUT2D eigenvalue weighted by atomic mass is 9.69. The highest BCUT2D eigenvalue weighted by Gasteiger charge is 2.36. The van der Waals surface area contributed by atoms with E-state index in [-0.39, 0.29) is 1.43 Å². The molecule has 2 saturated carbocycles. The van der Waals surface area contributed by atoms with Gasteiger partial charge in [0.25, 0.3) is 0 Å². The predicted octanol–water partition coefficient (Wildman–Crippen LogP) is 4.92. The molecule has 0 bridgehead atoms. The molecular formula is C18H35NO. The lowest BCUT2D eigenvalue weighted by Crippen LogP contribution is -2.44. The molecule has 2 aliphatic carbocycles. The zero-order valence-corrected chi connectivity index (χ0v) is 13.5. The standard InChI is InChI=1S/C18H33NO.H2/c1-3-14(2)19-18(20)17(15-10-6-4-7-11-15)16-12-8-5-9-13-16;/h14-17H,3-13H2,1-2H3,(H,19,20);1H. The largest absolute Gasteiger partial charge is 0.353 e. The lowest BCUT2D eigenvalue weighted by Gasteiger charge is -2.37. The van der Waals surface area contributed by atoms with Gasteiger partial charge in [-0.3, -0.25) is 4.79 Å². The average Bonchev–Trinajstić information content (AvgIpc) is 2.49. The van der Waals surface area contributed by atoms with E-state index in [1.165, 1.54) is 64.2 Å². The second kappa shape index (κ2) is 8.05. The second-order valence-corrected chi connectivity index (χ2v) is 7.14. The first kappa shape index (κ1) is 15.9. The van der Waals surface area contributed by atoms with Crippen LogP contribution in [0.1, 0.15) is 85.9 Å². The second-order valence-electron chi connectivity index (χ2n) is 7.14. The highest BCUT2D eigenvalue weighted by molar-refractivity contribution is 5.79. The molecule has 0 aromatic heterocycles. The fraction of sp³-hybridized carbons (Fsp3) is 0.944. The molecule has 1 amide bonds. The van der Waals surface area contributed by atoms with Gasteiger partial charge in [-0.25, -0.2) is 0 Å². The van der Waals surface area contributed by atoms with Gasteiger partial charge < -0.3 is 5.32 Å². The fourth-order valence-electron chi connectivity index (χ4n) is 4.24. The Morgan fingerprint density at radius 1 is 1.00 bits per heavy atom. The van der Waals surface area contributed by atoms with E-state index in [1.54, 1.807) is 0 Å². The first-order chi connectivity index (χ1) is 9.72. The predicted molar refractivity (Wildman–Crippen MR) is 86.6 cm³/mol. The minimum absolute atomic E-state index is 0. The first-order valence-corrected chi connectivity index (χ1v) is 9.02. The molecule has 2 fully saturated rings. The van der Waals surface area contributed by atoms with Gasteiger partial charge in [-0.2, -0.15) is 0 Å². The maximum Gasteiger partial charge on any atom is 0.223 e. The van der Waals surface area contributed by atoms with Crippen LogP contribution in [-0.4, -0.2) is 11.9 Å². The zero-order chi connectivity index (χ0) is 14.4. The number of hydrogen-bond acceptors (Lipinski definition) is 1. The number of nitrogens with one attached hydrogen (secondary N) is 1. The number of carbonyl (C=O) groups is 1. The number of carbonyl (C=O) groups excluding carboxylic acids is 1. The molecular weight excluding hydrogens is 246 g/mol. The van der Waals surface area contributed by atoms with Gasteiger partial charge in [0.1, 0.15) is 0 Å². The molecule has 0 spiro atoms. The zero-order valence-electron chi connectivity index (χ0n) is 13.5. The Bertz CT molecular complexity index is 278. The van der Waals surface area contributed by atoms with E-state index in [9.17, 15) is 4.79 Å². The number of amides is 1. The van der Waals surface area contributed by atoms with Crippen molar-refractivity contribution in [3.8, 4) is 0 Å². The van der Waals surface area contributed by atoms with Crippen LogP contribution in [0.4, 0.5) is 0 Å². The molecule has 2 nitrogen and oxygen atoms in total. The minimum atomic E-state index is 0. The van der Waals surface area contributed by atoms with Crippen LogP contribution in [0.3, 0.4) is 0 Å². The smallest absolute Gasteiger partial charge is 0.223 e. The van der Waals surface area contributed by atoms with Gasteiger partial charge in [-0.1, -0.05) is 45.4 Å². The molecule has 1 atom stereocenters. The van der Waals surface area contributed by atoms with Gasteiger partial charge in [-0.05, 0) is 50.9 Å². The minimum Gasteiger partial charge on any atom is -0.353 e. The third-order valence-corrected chi connectivity index (χ3v) is 5.62. The van der Waals surface area contributed by atoms with Crippen molar-refractivity contribution in [3.05, 3.63) is 0 Å². The topological polar surface area (TPSA) is 29.1 Å². The summed E-state index contributed by atoms with van der Waals surface area (Å²) in [7, 11) is 0. The maximum absolute atomic E-state index is 12.8. The number of rotatable bonds is 5. The summed E-state index contributed by atoms with van der Waals surface area (Å²) in [6.45, 7) is 4.29. The van der Waals surface area contributed by atoms with E-state index in [2.05, 4.69) is 19.2 Å². The molecule has 118 valence electrons. The van der Waals surface area contributed by atoms with Crippen LogP contribution in [-0.2, 0) is 4.79 Å². The quantitative estimate of drug-likeness (QED) is 0.761. The van der Waals surface area contributed by atoms with Crippen LogP contribution in [0.15, 0.2) is 0 Å². The molecule has 0 radical (unpaired) electrons. The summed E-state index contributed by atoms with van der Waals surface area (Å²) in [4.78, 5) is 12.8. The van der Waals surface area contributed by atoms with Crippen LogP contribution in [0.2, 0.25) is 0 Å². The summed E-state index contributed by atoms with van der Waals surface area (Å²) in [5, 5.41) is 3.29. The van der Waals surface area contributed by atoms with Crippen molar-refractivity contribution in [1.82, 2.24) is 5.32 Å². The van der Waals surface area contributed by atoms with E-state index < -0.39 is 0 Å². The molecule has 0 heterocycles. The molecule has 2 rings (SSSR count). The van der Waals surface area contributed by atoms with Gasteiger partial charge in [0.15, 0.2) is 0 Å². The monoisotopic (exact) mass is 281 g/mol. The van der Waals surface area contributed by atoms with Gasteiger partial charge in [0.05, 0.1) is 0 Å². The normalized spacial score (nSPS) is 23.8. The molecule has 2 heteroatoms. The van der Waals surface area contributed by atoms with Crippen molar-refractivity contribution in [3.63, 3.8) is 0 Å². The van der Waals surface area contributed by atoms with Crippen molar-refractivity contribution in [2.75, 3.05) is 0 Å². The molecule has 2 aliphatic rings. The highest BCUT2D eigenvalue weighted by atomic mass is 16.2. The third-order valence-electron chi connectivity index (χ3n) is 5.62. The van der Waals surface area contributed by atoms with Crippen LogP contribution >= 0.6 is 0 Å². The molecule has 20 heavy (non-hydrogen) atoms. The Kier molecular flexibility index (Phi) is 6.38. The SMILES string of the molecule is CCC(C)NC(=O)C(C1CCCCC1)C1CCCCC1.[HH]. The van der Waals surface area contributed by atoms with E-state index in [0.717, 1.165) is 6.42 Å².